The van der Waals surface area contributed by atoms with E-state index in [1.807, 2.05) is 31.2 Å². The zero-order valence-corrected chi connectivity index (χ0v) is 12.2. The minimum Gasteiger partial charge on any atom is -0.492 e. The second kappa shape index (κ2) is 6.85. The third-order valence-corrected chi connectivity index (χ3v) is 3.28. The van der Waals surface area contributed by atoms with E-state index in [2.05, 4.69) is 36.1 Å². The summed E-state index contributed by atoms with van der Waals surface area (Å²) in [4.78, 5) is 2.26. The van der Waals surface area contributed by atoms with Crippen LogP contribution >= 0.6 is 0 Å². The van der Waals surface area contributed by atoms with Crippen molar-refractivity contribution in [1.82, 2.24) is 0 Å². The number of nitrogen functional groups attached to an aromatic ring is 1. The maximum absolute atomic E-state index is 6.23. The van der Waals surface area contributed by atoms with Gasteiger partial charge in [0.15, 0.2) is 0 Å². The molecule has 3 nitrogen and oxygen atoms in total. The van der Waals surface area contributed by atoms with Gasteiger partial charge in [-0.05, 0) is 31.5 Å². The molecule has 20 heavy (non-hydrogen) atoms. The van der Waals surface area contributed by atoms with Crippen molar-refractivity contribution in [2.45, 2.75) is 20.4 Å². The Morgan fingerprint density at radius 2 is 1.75 bits per heavy atom. The zero-order chi connectivity index (χ0) is 14.4. The van der Waals surface area contributed by atoms with Gasteiger partial charge in [0.25, 0.3) is 0 Å². The summed E-state index contributed by atoms with van der Waals surface area (Å²) < 4.78 is 5.57. The minimum atomic E-state index is 0.623. The van der Waals surface area contributed by atoms with Crippen LogP contribution in [0.15, 0.2) is 48.5 Å². The fourth-order valence-electron chi connectivity index (χ4n) is 2.26. The van der Waals surface area contributed by atoms with Crippen LogP contribution in [0.5, 0.6) is 5.75 Å². The molecule has 0 heterocycles. The van der Waals surface area contributed by atoms with E-state index in [9.17, 15) is 0 Å². The molecule has 0 saturated heterocycles. The van der Waals surface area contributed by atoms with Crippen molar-refractivity contribution in [3.63, 3.8) is 0 Å². The third kappa shape index (κ3) is 3.23. The van der Waals surface area contributed by atoms with Crippen molar-refractivity contribution in [3.05, 3.63) is 54.1 Å². The Kier molecular flexibility index (Phi) is 4.88. The summed E-state index contributed by atoms with van der Waals surface area (Å²) >= 11 is 0. The number of para-hydroxylation sites is 1. The first-order valence-corrected chi connectivity index (χ1v) is 7.06. The largest absolute Gasteiger partial charge is 0.492 e. The van der Waals surface area contributed by atoms with Gasteiger partial charge in [0.2, 0.25) is 0 Å². The molecule has 2 aromatic carbocycles. The highest BCUT2D eigenvalue weighted by atomic mass is 16.5. The third-order valence-electron chi connectivity index (χ3n) is 3.28. The second-order valence-corrected chi connectivity index (χ2v) is 4.62. The molecule has 0 bridgehead atoms. The Morgan fingerprint density at radius 1 is 1.00 bits per heavy atom. The number of hydrogen-bond donors (Lipinski definition) is 1. The molecular formula is C17H22N2O. The highest BCUT2D eigenvalue weighted by molar-refractivity contribution is 5.74. The molecule has 2 N–H and O–H groups in total. The van der Waals surface area contributed by atoms with Gasteiger partial charge in [-0.25, -0.2) is 0 Å². The van der Waals surface area contributed by atoms with Crippen LogP contribution in [0.3, 0.4) is 0 Å². The van der Waals surface area contributed by atoms with Crippen LogP contribution in [0.2, 0.25) is 0 Å². The van der Waals surface area contributed by atoms with Crippen LogP contribution in [0.1, 0.15) is 19.4 Å². The van der Waals surface area contributed by atoms with Crippen LogP contribution in [-0.4, -0.2) is 13.2 Å². The summed E-state index contributed by atoms with van der Waals surface area (Å²) in [5.74, 6) is 0.761. The lowest BCUT2D eigenvalue weighted by Crippen LogP contribution is -2.23. The maximum atomic E-state index is 6.23. The van der Waals surface area contributed by atoms with E-state index < -0.39 is 0 Å². The van der Waals surface area contributed by atoms with Crippen molar-refractivity contribution in [3.8, 4) is 5.75 Å². The minimum absolute atomic E-state index is 0.623. The monoisotopic (exact) mass is 270 g/mol. The fraction of sp³-hybridized carbons (Fsp3) is 0.294. The average molecular weight is 270 g/mol. The predicted octanol–water partition coefficient (Wildman–Crippen LogP) is 3.69. The van der Waals surface area contributed by atoms with E-state index in [0.717, 1.165) is 24.5 Å². The topological polar surface area (TPSA) is 38.5 Å². The van der Waals surface area contributed by atoms with Gasteiger partial charge in [-0.1, -0.05) is 36.4 Å². The molecule has 0 fully saturated rings. The molecule has 106 valence electrons. The Morgan fingerprint density at radius 3 is 2.40 bits per heavy atom. The molecule has 0 aliphatic carbocycles. The fourth-order valence-corrected chi connectivity index (χ4v) is 2.26. The molecule has 0 atom stereocenters. The van der Waals surface area contributed by atoms with Crippen molar-refractivity contribution >= 4 is 11.4 Å². The Bertz CT molecular complexity index is 540. The van der Waals surface area contributed by atoms with Gasteiger partial charge in [0.1, 0.15) is 5.75 Å². The molecule has 0 aliphatic heterocycles. The molecule has 0 unspecified atom stereocenters. The number of hydrogen-bond acceptors (Lipinski definition) is 3. The average Bonchev–Trinajstić information content (AvgIpc) is 2.49. The molecular weight excluding hydrogens is 248 g/mol. The van der Waals surface area contributed by atoms with Gasteiger partial charge in [0, 0.05) is 13.1 Å². The van der Waals surface area contributed by atoms with E-state index >= 15 is 0 Å². The van der Waals surface area contributed by atoms with Crippen LogP contribution in [-0.2, 0) is 6.54 Å². The smallest absolute Gasteiger partial charge is 0.144 e. The normalized spacial score (nSPS) is 10.3. The molecule has 2 rings (SSSR count). The van der Waals surface area contributed by atoms with E-state index in [0.29, 0.717) is 12.3 Å². The molecule has 0 aliphatic rings. The van der Waals surface area contributed by atoms with Crippen LogP contribution < -0.4 is 15.4 Å². The first-order chi connectivity index (χ1) is 9.76. The van der Waals surface area contributed by atoms with Gasteiger partial charge in [-0.2, -0.15) is 0 Å². The molecule has 2 aromatic rings. The number of nitrogens with two attached hydrogens (primary N) is 1. The van der Waals surface area contributed by atoms with Crippen molar-refractivity contribution in [2.24, 2.45) is 0 Å². The van der Waals surface area contributed by atoms with Gasteiger partial charge in [-0.3, -0.25) is 0 Å². The first kappa shape index (κ1) is 14.3. The molecule has 0 aromatic heterocycles. The summed E-state index contributed by atoms with van der Waals surface area (Å²) in [5.41, 5.74) is 9.25. The van der Waals surface area contributed by atoms with Gasteiger partial charge in [0.05, 0.1) is 18.0 Å². The molecule has 0 spiro atoms. The number of anilines is 2. The zero-order valence-electron chi connectivity index (χ0n) is 12.2. The molecule has 0 saturated carbocycles. The number of ether oxygens (including phenoxy) is 1. The Hall–Kier alpha value is -2.16. The van der Waals surface area contributed by atoms with Crippen LogP contribution in [0, 0.1) is 0 Å². The molecule has 0 radical (unpaired) electrons. The lowest BCUT2D eigenvalue weighted by Gasteiger charge is -2.25. The first-order valence-electron chi connectivity index (χ1n) is 7.06. The Balaban J connectivity index is 2.25. The molecule has 3 heteroatoms. The van der Waals surface area contributed by atoms with Gasteiger partial charge < -0.3 is 15.4 Å². The summed E-state index contributed by atoms with van der Waals surface area (Å²) in [6, 6.07) is 16.4. The quantitative estimate of drug-likeness (QED) is 0.813. The van der Waals surface area contributed by atoms with Gasteiger partial charge in [-0.15, -0.1) is 0 Å². The van der Waals surface area contributed by atoms with Crippen molar-refractivity contribution in [2.75, 3.05) is 23.8 Å². The summed E-state index contributed by atoms with van der Waals surface area (Å²) in [6.45, 7) is 6.47. The van der Waals surface area contributed by atoms with Gasteiger partial charge >= 0.3 is 0 Å². The Labute approximate surface area is 121 Å². The summed E-state index contributed by atoms with van der Waals surface area (Å²) in [6.07, 6.45) is 0. The predicted molar refractivity (Wildman–Crippen MR) is 85.2 cm³/mol. The lowest BCUT2D eigenvalue weighted by atomic mass is 10.1. The molecule has 0 amide bonds. The van der Waals surface area contributed by atoms with Crippen LogP contribution in [0.25, 0.3) is 0 Å². The second-order valence-electron chi connectivity index (χ2n) is 4.62. The van der Waals surface area contributed by atoms with Crippen molar-refractivity contribution < 1.29 is 4.74 Å². The highest BCUT2D eigenvalue weighted by Crippen LogP contribution is 2.32. The maximum Gasteiger partial charge on any atom is 0.144 e. The van der Waals surface area contributed by atoms with Crippen molar-refractivity contribution in [1.29, 1.82) is 0 Å². The number of benzene rings is 2. The summed E-state index contributed by atoms with van der Waals surface area (Å²) in [7, 11) is 0. The van der Waals surface area contributed by atoms with E-state index in [-0.39, 0.29) is 0 Å². The standard InChI is InChI=1S/C17H22N2O/c1-3-19(13-14-9-6-5-7-10-14)15-11-8-12-16(17(15)18)20-4-2/h5-12H,3-4,13,18H2,1-2H3. The highest BCUT2D eigenvalue weighted by Gasteiger charge is 2.12. The SMILES string of the molecule is CCOc1cccc(N(CC)Cc2ccccc2)c1N. The summed E-state index contributed by atoms with van der Waals surface area (Å²) in [5, 5.41) is 0. The number of rotatable bonds is 6. The number of nitrogens with zero attached hydrogens (tertiary/aromatic N) is 1. The van der Waals surface area contributed by atoms with E-state index in [1.165, 1.54) is 5.56 Å². The van der Waals surface area contributed by atoms with E-state index in [1.54, 1.807) is 0 Å². The van der Waals surface area contributed by atoms with Crippen LogP contribution in [0.4, 0.5) is 11.4 Å². The van der Waals surface area contributed by atoms with E-state index in [4.69, 9.17) is 10.5 Å². The lowest BCUT2D eigenvalue weighted by molar-refractivity contribution is 0.342.